The largest absolute Gasteiger partial charge is 0.389 e. The summed E-state index contributed by atoms with van der Waals surface area (Å²) < 4.78 is 6.70. The maximum absolute atomic E-state index is 12.6. The van der Waals surface area contributed by atoms with Crippen molar-refractivity contribution in [1.29, 1.82) is 0 Å². The number of benzene rings is 1. The van der Waals surface area contributed by atoms with Crippen molar-refractivity contribution < 1.29 is 14.6 Å². The van der Waals surface area contributed by atoms with Crippen molar-refractivity contribution in [2.24, 2.45) is 0 Å². The Labute approximate surface area is 142 Å². The van der Waals surface area contributed by atoms with E-state index in [4.69, 9.17) is 4.74 Å². The van der Waals surface area contributed by atoms with E-state index < -0.39 is 6.10 Å². The van der Waals surface area contributed by atoms with Gasteiger partial charge in [0.05, 0.1) is 18.4 Å². The number of methoxy groups -OCH3 is 1. The molecule has 0 radical (unpaired) electrons. The van der Waals surface area contributed by atoms with Crippen LogP contribution in [0.25, 0.3) is 5.69 Å². The third kappa shape index (κ3) is 4.21. The second-order valence-corrected chi connectivity index (χ2v) is 6.15. The zero-order valence-corrected chi connectivity index (χ0v) is 14.6. The molecule has 1 aromatic carbocycles. The highest BCUT2D eigenvalue weighted by Crippen LogP contribution is 2.21. The van der Waals surface area contributed by atoms with E-state index in [1.54, 1.807) is 11.7 Å². The molecule has 130 valence electrons. The molecular weight excluding hydrogens is 306 g/mol. The quantitative estimate of drug-likeness (QED) is 0.843. The Kier molecular flexibility index (Phi) is 6.11. The van der Waals surface area contributed by atoms with E-state index in [0.717, 1.165) is 11.4 Å². The van der Waals surface area contributed by atoms with Gasteiger partial charge >= 0.3 is 0 Å². The summed E-state index contributed by atoms with van der Waals surface area (Å²) in [6, 6.07) is 11.6. The summed E-state index contributed by atoms with van der Waals surface area (Å²) >= 11 is 0. The zero-order valence-electron chi connectivity index (χ0n) is 14.6. The molecule has 0 bridgehead atoms. The van der Waals surface area contributed by atoms with Crippen molar-refractivity contribution >= 4 is 5.91 Å². The monoisotopic (exact) mass is 331 g/mol. The average molecular weight is 331 g/mol. The molecule has 1 heterocycles. The van der Waals surface area contributed by atoms with Gasteiger partial charge in [0.15, 0.2) is 5.69 Å². The molecule has 0 aliphatic heterocycles. The molecule has 0 aliphatic rings. The van der Waals surface area contributed by atoms with Crippen LogP contribution in [0, 0.1) is 0 Å². The number of aliphatic hydroxyl groups excluding tert-OH is 1. The van der Waals surface area contributed by atoms with Crippen LogP contribution in [-0.4, -0.2) is 59.1 Å². The lowest BCUT2D eigenvalue weighted by atomic mass is 10.1. The Morgan fingerprint density at radius 3 is 2.58 bits per heavy atom. The van der Waals surface area contributed by atoms with Gasteiger partial charge in [-0.05, 0) is 24.1 Å². The van der Waals surface area contributed by atoms with Crippen molar-refractivity contribution in [3.8, 4) is 5.69 Å². The van der Waals surface area contributed by atoms with Crippen LogP contribution in [0.5, 0.6) is 0 Å². The lowest BCUT2D eigenvalue weighted by Gasteiger charge is -2.19. The minimum absolute atomic E-state index is 0.188. The third-order valence-electron chi connectivity index (χ3n) is 3.74. The number of likely N-dealkylation sites (N-methyl/N-ethyl adjacent to an activating group) is 1. The van der Waals surface area contributed by atoms with Gasteiger partial charge in [-0.3, -0.25) is 4.79 Å². The first-order chi connectivity index (χ1) is 11.4. The fraction of sp³-hybridized carbons (Fsp3) is 0.444. The Morgan fingerprint density at radius 2 is 2.00 bits per heavy atom. The number of hydrogen-bond donors (Lipinski definition) is 1. The molecule has 2 rings (SSSR count). The van der Waals surface area contributed by atoms with E-state index in [-0.39, 0.29) is 25.0 Å². The number of hydrogen-bond acceptors (Lipinski definition) is 4. The molecule has 24 heavy (non-hydrogen) atoms. The minimum Gasteiger partial charge on any atom is -0.389 e. The molecular formula is C18H25N3O3. The maximum atomic E-state index is 12.6. The van der Waals surface area contributed by atoms with Gasteiger partial charge in [-0.15, -0.1) is 0 Å². The molecule has 0 saturated heterocycles. The van der Waals surface area contributed by atoms with E-state index in [9.17, 15) is 9.90 Å². The smallest absolute Gasteiger partial charge is 0.274 e. The highest BCUT2D eigenvalue weighted by molar-refractivity contribution is 5.92. The average Bonchev–Trinajstić information content (AvgIpc) is 3.00. The molecule has 0 fully saturated rings. The van der Waals surface area contributed by atoms with Crippen LogP contribution in [0.1, 0.15) is 35.9 Å². The number of amides is 1. The zero-order chi connectivity index (χ0) is 17.7. The second kappa shape index (κ2) is 8.08. The first kappa shape index (κ1) is 18.2. The summed E-state index contributed by atoms with van der Waals surface area (Å²) in [5.74, 6) is 0.00498. The van der Waals surface area contributed by atoms with Crippen LogP contribution in [-0.2, 0) is 4.74 Å². The van der Waals surface area contributed by atoms with Crippen molar-refractivity contribution in [1.82, 2.24) is 14.7 Å². The van der Waals surface area contributed by atoms with Crippen LogP contribution in [0.4, 0.5) is 0 Å². The van der Waals surface area contributed by atoms with E-state index in [1.807, 2.05) is 36.4 Å². The number of carbonyl (C=O) groups excluding carboxylic acids is 1. The summed E-state index contributed by atoms with van der Waals surface area (Å²) in [4.78, 5) is 14.1. The van der Waals surface area contributed by atoms with E-state index in [1.165, 1.54) is 12.0 Å². The number of aliphatic hydroxyl groups is 1. The lowest BCUT2D eigenvalue weighted by molar-refractivity contribution is 0.0377. The highest BCUT2D eigenvalue weighted by atomic mass is 16.5. The number of ether oxygens (including phenoxy) is 1. The standard InChI is InChI=1S/C18H25N3O3/c1-13(2)17-10-16(18(23)20(3)11-15(22)12-24-4)19-21(17)14-8-6-5-7-9-14/h5-10,13,15,22H,11-12H2,1-4H3. The third-order valence-corrected chi connectivity index (χ3v) is 3.74. The van der Waals surface area contributed by atoms with Crippen molar-refractivity contribution in [2.45, 2.75) is 25.9 Å². The fourth-order valence-corrected chi connectivity index (χ4v) is 2.53. The summed E-state index contributed by atoms with van der Waals surface area (Å²) in [5.41, 5.74) is 2.26. The second-order valence-electron chi connectivity index (χ2n) is 6.15. The van der Waals surface area contributed by atoms with Gasteiger partial charge in [0.25, 0.3) is 5.91 Å². The topological polar surface area (TPSA) is 67.6 Å². The molecule has 1 unspecified atom stereocenters. The number of aromatic nitrogens is 2. The van der Waals surface area contributed by atoms with E-state index in [0.29, 0.717) is 5.69 Å². The van der Waals surface area contributed by atoms with Crippen molar-refractivity contribution in [3.63, 3.8) is 0 Å². The van der Waals surface area contributed by atoms with Gasteiger partial charge in [-0.25, -0.2) is 4.68 Å². The summed E-state index contributed by atoms with van der Waals surface area (Å²) in [7, 11) is 3.17. The number of nitrogens with zero attached hydrogens (tertiary/aromatic N) is 3. The van der Waals surface area contributed by atoms with E-state index >= 15 is 0 Å². The molecule has 0 spiro atoms. The molecule has 1 N–H and O–H groups in total. The van der Waals surface area contributed by atoms with Crippen LogP contribution in [0.3, 0.4) is 0 Å². The number of rotatable bonds is 7. The summed E-state index contributed by atoms with van der Waals surface area (Å²) in [6.45, 7) is 4.52. The summed E-state index contributed by atoms with van der Waals surface area (Å²) in [6.07, 6.45) is -0.718. The van der Waals surface area contributed by atoms with Gasteiger partial charge in [0.2, 0.25) is 0 Å². The normalized spacial score (nSPS) is 12.4. The van der Waals surface area contributed by atoms with Crippen LogP contribution < -0.4 is 0 Å². The first-order valence-corrected chi connectivity index (χ1v) is 8.02. The van der Waals surface area contributed by atoms with Gasteiger partial charge in [-0.2, -0.15) is 5.10 Å². The first-order valence-electron chi connectivity index (χ1n) is 8.02. The number of para-hydroxylation sites is 1. The predicted molar refractivity (Wildman–Crippen MR) is 92.5 cm³/mol. The minimum atomic E-state index is -0.718. The highest BCUT2D eigenvalue weighted by Gasteiger charge is 2.21. The molecule has 0 saturated carbocycles. The molecule has 1 amide bonds. The molecule has 0 aliphatic carbocycles. The maximum Gasteiger partial charge on any atom is 0.274 e. The van der Waals surface area contributed by atoms with E-state index in [2.05, 4.69) is 18.9 Å². The molecule has 1 atom stereocenters. The predicted octanol–water partition coefficient (Wildman–Crippen LogP) is 2.07. The van der Waals surface area contributed by atoms with Gasteiger partial charge in [0.1, 0.15) is 0 Å². The van der Waals surface area contributed by atoms with Crippen LogP contribution in [0.2, 0.25) is 0 Å². The number of carbonyl (C=O) groups is 1. The van der Waals surface area contributed by atoms with Crippen LogP contribution >= 0.6 is 0 Å². The molecule has 6 nitrogen and oxygen atoms in total. The van der Waals surface area contributed by atoms with Crippen molar-refractivity contribution in [2.75, 3.05) is 27.3 Å². The summed E-state index contributed by atoms with van der Waals surface area (Å²) in [5, 5.41) is 14.3. The Bertz CT molecular complexity index is 667. The SMILES string of the molecule is COCC(O)CN(C)C(=O)c1cc(C(C)C)n(-c2ccccc2)n1. The Morgan fingerprint density at radius 1 is 1.33 bits per heavy atom. The van der Waals surface area contributed by atoms with Crippen molar-refractivity contribution in [3.05, 3.63) is 47.8 Å². The van der Waals surface area contributed by atoms with Gasteiger partial charge in [0, 0.05) is 26.4 Å². The fourth-order valence-electron chi connectivity index (χ4n) is 2.53. The molecule has 6 heteroatoms. The molecule has 2 aromatic rings. The van der Waals surface area contributed by atoms with Gasteiger partial charge < -0.3 is 14.7 Å². The van der Waals surface area contributed by atoms with Crippen LogP contribution in [0.15, 0.2) is 36.4 Å². The Hall–Kier alpha value is -2.18. The van der Waals surface area contributed by atoms with Gasteiger partial charge in [-0.1, -0.05) is 32.0 Å². The molecule has 1 aromatic heterocycles. The Balaban J connectivity index is 2.26. The lowest BCUT2D eigenvalue weighted by Crippen LogP contribution is -2.36.